The summed E-state index contributed by atoms with van der Waals surface area (Å²) >= 11 is 1.27. The minimum atomic E-state index is -0.545. The number of nitrogens with two attached hydrogens (primary N) is 2. The highest BCUT2D eigenvalue weighted by atomic mass is 32.1. The number of likely N-dealkylation sites (N-methyl/N-ethyl adjacent to an activating group) is 1. The van der Waals surface area contributed by atoms with Crippen molar-refractivity contribution in [1.29, 1.82) is 0 Å². The Labute approximate surface area is 104 Å². The summed E-state index contributed by atoms with van der Waals surface area (Å²) < 4.78 is 0. The number of nitrogens with one attached hydrogen (secondary N) is 1. The number of hydrogen-bond donors (Lipinski definition) is 3. The molecular weight excluding hydrogens is 240 g/mol. The molecule has 0 saturated heterocycles. The predicted molar refractivity (Wildman–Crippen MR) is 68.0 cm³/mol. The minimum absolute atomic E-state index is 0.189. The van der Waals surface area contributed by atoms with E-state index in [1.165, 1.54) is 11.3 Å². The molecule has 0 spiro atoms. The summed E-state index contributed by atoms with van der Waals surface area (Å²) in [5.74, 6) is -0.734. The summed E-state index contributed by atoms with van der Waals surface area (Å²) in [6, 6.07) is 1.59. The van der Waals surface area contributed by atoms with Crippen molar-refractivity contribution in [2.75, 3.05) is 32.0 Å². The fourth-order valence-electron chi connectivity index (χ4n) is 1.31. The SMILES string of the molecule is CN(CCN)CC(=O)Nc1sccc1C(N)=O. The van der Waals surface area contributed by atoms with Crippen LogP contribution in [0.25, 0.3) is 0 Å². The van der Waals surface area contributed by atoms with Gasteiger partial charge in [0.2, 0.25) is 5.91 Å². The molecule has 0 aliphatic heterocycles. The lowest BCUT2D eigenvalue weighted by Crippen LogP contribution is -2.33. The normalized spacial score (nSPS) is 10.5. The Kier molecular flexibility index (Phi) is 5.08. The van der Waals surface area contributed by atoms with Crippen molar-refractivity contribution in [1.82, 2.24) is 4.90 Å². The van der Waals surface area contributed by atoms with Gasteiger partial charge in [-0.15, -0.1) is 11.3 Å². The molecule has 17 heavy (non-hydrogen) atoms. The second-order valence-corrected chi connectivity index (χ2v) is 4.52. The minimum Gasteiger partial charge on any atom is -0.366 e. The molecule has 0 saturated carbocycles. The van der Waals surface area contributed by atoms with E-state index in [4.69, 9.17) is 11.5 Å². The van der Waals surface area contributed by atoms with E-state index < -0.39 is 5.91 Å². The molecule has 0 radical (unpaired) electrons. The molecule has 1 aromatic heterocycles. The van der Waals surface area contributed by atoms with Gasteiger partial charge >= 0.3 is 0 Å². The highest BCUT2D eigenvalue weighted by Gasteiger charge is 2.13. The van der Waals surface area contributed by atoms with Gasteiger partial charge in [-0.3, -0.25) is 14.5 Å². The lowest BCUT2D eigenvalue weighted by atomic mass is 10.3. The first kappa shape index (κ1) is 13.6. The summed E-state index contributed by atoms with van der Waals surface area (Å²) in [5.41, 5.74) is 10.9. The van der Waals surface area contributed by atoms with Crippen LogP contribution in [-0.2, 0) is 4.79 Å². The Morgan fingerprint density at radius 2 is 2.24 bits per heavy atom. The molecule has 7 heteroatoms. The number of carbonyl (C=O) groups is 2. The van der Waals surface area contributed by atoms with Crippen LogP contribution in [0.15, 0.2) is 11.4 Å². The van der Waals surface area contributed by atoms with E-state index in [0.29, 0.717) is 23.7 Å². The van der Waals surface area contributed by atoms with Gasteiger partial charge in [-0.2, -0.15) is 0 Å². The standard InChI is InChI=1S/C10H16N4O2S/c1-14(4-3-11)6-8(15)13-10-7(9(12)16)2-5-17-10/h2,5H,3-4,6,11H2,1H3,(H2,12,16)(H,13,15). The molecule has 0 bridgehead atoms. The molecule has 1 rings (SSSR count). The molecule has 94 valence electrons. The summed E-state index contributed by atoms with van der Waals surface area (Å²) in [7, 11) is 1.80. The van der Waals surface area contributed by atoms with Crippen molar-refractivity contribution in [3.05, 3.63) is 17.0 Å². The van der Waals surface area contributed by atoms with Crippen molar-refractivity contribution < 1.29 is 9.59 Å². The first-order valence-corrected chi connectivity index (χ1v) is 5.98. The van der Waals surface area contributed by atoms with E-state index in [9.17, 15) is 9.59 Å². The van der Waals surface area contributed by atoms with Crippen LogP contribution < -0.4 is 16.8 Å². The maximum absolute atomic E-state index is 11.6. The van der Waals surface area contributed by atoms with Crippen LogP contribution >= 0.6 is 11.3 Å². The van der Waals surface area contributed by atoms with Crippen molar-refractivity contribution in [3.63, 3.8) is 0 Å². The summed E-state index contributed by atoms with van der Waals surface area (Å²) in [4.78, 5) is 24.5. The van der Waals surface area contributed by atoms with Crippen molar-refractivity contribution in [2.24, 2.45) is 11.5 Å². The maximum atomic E-state index is 11.6. The second kappa shape index (κ2) is 6.33. The zero-order valence-electron chi connectivity index (χ0n) is 9.60. The van der Waals surface area contributed by atoms with Crippen LogP contribution in [0.4, 0.5) is 5.00 Å². The number of thiophene rings is 1. The summed E-state index contributed by atoms with van der Waals surface area (Å²) in [6.45, 7) is 1.36. The van der Waals surface area contributed by atoms with E-state index in [0.717, 1.165) is 0 Å². The molecule has 0 fully saturated rings. The van der Waals surface area contributed by atoms with E-state index in [1.807, 2.05) is 0 Å². The monoisotopic (exact) mass is 256 g/mol. The van der Waals surface area contributed by atoms with Crippen molar-refractivity contribution in [3.8, 4) is 0 Å². The molecule has 1 aromatic rings. The van der Waals surface area contributed by atoms with E-state index in [-0.39, 0.29) is 12.5 Å². The average molecular weight is 256 g/mol. The number of carbonyl (C=O) groups excluding carboxylic acids is 2. The molecule has 2 amide bonds. The molecule has 0 aliphatic rings. The number of anilines is 1. The lowest BCUT2D eigenvalue weighted by molar-refractivity contribution is -0.117. The average Bonchev–Trinajstić information content (AvgIpc) is 2.65. The third-order valence-corrected chi connectivity index (χ3v) is 2.94. The molecule has 5 N–H and O–H groups in total. The summed E-state index contributed by atoms with van der Waals surface area (Å²) in [5, 5.41) is 4.85. The van der Waals surface area contributed by atoms with E-state index in [2.05, 4.69) is 5.32 Å². The fourth-order valence-corrected chi connectivity index (χ4v) is 2.12. The van der Waals surface area contributed by atoms with E-state index >= 15 is 0 Å². The number of primary amides is 1. The Hall–Kier alpha value is -1.44. The highest BCUT2D eigenvalue weighted by Crippen LogP contribution is 2.22. The Morgan fingerprint density at radius 3 is 2.82 bits per heavy atom. The molecule has 0 aliphatic carbocycles. The first-order chi connectivity index (χ1) is 8.04. The number of hydrogen-bond acceptors (Lipinski definition) is 5. The summed E-state index contributed by atoms with van der Waals surface area (Å²) in [6.07, 6.45) is 0. The van der Waals surface area contributed by atoms with Crippen LogP contribution in [0.2, 0.25) is 0 Å². The van der Waals surface area contributed by atoms with Crippen molar-refractivity contribution in [2.45, 2.75) is 0 Å². The smallest absolute Gasteiger partial charge is 0.251 e. The third-order valence-electron chi connectivity index (χ3n) is 2.11. The van der Waals surface area contributed by atoms with Gasteiger partial charge in [-0.05, 0) is 18.5 Å². The Morgan fingerprint density at radius 1 is 1.53 bits per heavy atom. The van der Waals surface area contributed by atoms with Crippen LogP contribution in [0.5, 0.6) is 0 Å². The number of nitrogens with zero attached hydrogens (tertiary/aromatic N) is 1. The molecule has 6 nitrogen and oxygen atoms in total. The van der Waals surface area contributed by atoms with Gasteiger partial charge in [0.15, 0.2) is 0 Å². The maximum Gasteiger partial charge on any atom is 0.251 e. The number of rotatable bonds is 6. The van der Waals surface area contributed by atoms with Gasteiger partial charge < -0.3 is 16.8 Å². The van der Waals surface area contributed by atoms with Crippen molar-refractivity contribution >= 4 is 28.2 Å². The molecule has 0 aromatic carbocycles. The fraction of sp³-hybridized carbons (Fsp3) is 0.400. The van der Waals surface area contributed by atoms with Crippen LogP contribution in [0.3, 0.4) is 0 Å². The zero-order chi connectivity index (χ0) is 12.8. The van der Waals surface area contributed by atoms with Gasteiger partial charge in [0.05, 0.1) is 12.1 Å². The van der Waals surface area contributed by atoms with Gasteiger partial charge in [-0.25, -0.2) is 0 Å². The van der Waals surface area contributed by atoms with Gasteiger partial charge in [0.1, 0.15) is 5.00 Å². The molecule has 0 atom stereocenters. The molecular formula is C10H16N4O2S. The highest BCUT2D eigenvalue weighted by molar-refractivity contribution is 7.14. The predicted octanol–water partition coefficient (Wildman–Crippen LogP) is -0.324. The van der Waals surface area contributed by atoms with Crippen LogP contribution in [0, 0.1) is 0 Å². The van der Waals surface area contributed by atoms with Crippen LogP contribution in [-0.4, -0.2) is 43.4 Å². The largest absolute Gasteiger partial charge is 0.366 e. The zero-order valence-corrected chi connectivity index (χ0v) is 10.4. The van der Waals surface area contributed by atoms with E-state index in [1.54, 1.807) is 23.4 Å². The Balaban J connectivity index is 2.56. The molecule has 0 unspecified atom stereocenters. The quantitative estimate of drug-likeness (QED) is 0.649. The molecule has 1 heterocycles. The lowest BCUT2D eigenvalue weighted by Gasteiger charge is -2.14. The van der Waals surface area contributed by atoms with Gasteiger partial charge in [0, 0.05) is 13.1 Å². The first-order valence-electron chi connectivity index (χ1n) is 5.10. The Bertz CT molecular complexity index is 405. The number of amides is 2. The topological polar surface area (TPSA) is 101 Å². The van der Waals surface area contributed by atoms with Gasteiger partial charge in [-0.1, -0.05) is 0 Å². The van der Waals surface area contributed by atoms with Gasteiger partial charge in [0.25, 0.3) is 5.91 Å². The third kappa shape index (κ3) is 4.14. The van der Waals surface area contributed by atoms with Crippen LogP contribution in [0.1, 0.15) is 10.4 Å². The second-order valence-electron chi connectivity index (χ2n) is 3.60.